The van der Waals surface area contributed by atoms with Gasteiger partial charge in [0.1, 0.15) is 19.0 Å². The summed E-state index contributed by atoms with van der Waals surface area (Å²) in [6.07, 6.45) is -1.22. The molecular formula is C73H81N11O33S4. The number of ether oxygens (including phenoxy) is 7. The number of nitrogen functional groups attached to an aromatic ring is 2. The highest BCUT2D eigenvalue weighted by Gasteiger charge is 2.35. The van der Waals surface area contributed by atoms with Crippen LogP contribution in [0.4, 0.5) is 11.4 Å². The standard InChI is InChI=1S/C43H46N8O19S2.C28H27N3O14S2.2CH4/c44-31-8-6-28-36(29-7-9-32(45)40(72(62,63)64)38(29)70-37(28)39(31)71(59,60)61)30-21-25(4-5-27(30)43(57)58)42(56)49-13-15-66-17-16-65-14-10-33(52)47-11-12-48-41(55)24-2-1-3-26(20-24)69-22-34(50-51-46)68-19-18-67-23-35(53)54;29-19-5-3-16-22(17-4-6-20(30)26(47(40,41)42)24(17)45-23(16)25(19)46(37,38)39)18-13-14(1-2-15(18)28(35)36)27(34)31-8-10-44-12-11-43-9-7-21(32)33;;/h1-9,20-21,34,44H,10-19,22-23,45H2,(H,47,52)(H,48,55)(H,49,56)(H,53,54)(H,57,58)(H,59,60,61)(H,62,63,64);1-6,13,29H,7-12,30H2,(H,31,34)(H,32,33)(H,35,36)(H,37,38,39)(H,40,41,42);2*1H4. The third-order valence-electron chi connectivity index (χ3n) is 16.5. The van der Waals surface area contributed by atoms with Crippen molar-refractivity contribution < 1.29 is 153 Å². The van der Waals surface area contributed by atoms with Crippen LogP contribution in [0, 0.1) is 10.8 Å². The monoisotopic (exact) mass is 1770 g/mol. The number of rotatable bonds is 42. The van der Waals surface area contributed by atoms with Crippen molar-refractivity contribution in [3.8, 4) is 50.7 Å². The molecule has 121 heavy (non-hydrogen) atoms. The summed E-state index contributed by atoms with van der Waals surface area (Å²) in [5, 5.41) is 65.7. The quantitative estimate of drug-likeness (QED) is 0.00441. The van der Waals surface area contributed by atoms with Gasteiger partial charge in [-0.3, -0.25) is 53.0 Å². The Balaban J connectivity index is 0.000000401. The zero-order valence-corrected chi connectivity index (χ0v) is 64.9. The van der Waals surface area contributed by atoms with Crippen LogP contribution < -0.4 is 48.2 Å². The summed E-state index contributed by atoms with van der Waals surface area (Å²) >= 11 is 0. The van der Waals surface area contributed by atoms with Crippen molar-refractivity contribution in [3.05, 3.63) is 158 Å². The Kier molecular flexibility index (Phi) is 34.8. The first-order chi connectivity index (χ1) is 56.2. The second-order valence-corrected chi connectivity index (χ2v) is 30.1. The topological polar surface area (TPSA) is 722 Å². The lowest BCUT2D eigenvalue weighted by atomic mass is 9.89. The Labute approximate surface area is 686 Å². The van der Waals surface area contributed by atoms with Gasteiger partial charge in [0, 0.05) is 87.2 Å². The largest absolute Gasteiger partial charge is 0.491 e. The number of nitrogens with zero attached hydrogens (tertiary/aromatic N) is 3. The van der Waals surface area contributed by atoms with Gasteiger partial charge < -0.3 is 95.2 Å². The lowest BCUT2D eigenvalue weighted by Crippen LogP contribution is -2.35. The van der Waals surface area contributed by atoms with Gasteiger partial charge in [0.05, 0.1) is 106 Å². The van der Waals surface area contributed by atoms with Crippen LogP contribution >= 0.6 is 0 Å². The molecule has 0 saturated heterocycles. The minimum absolute atomic E-state index is 0. The molecule has 2 heterocycles. The number of hydrogen-bond acceptors (Lipinski definition) is 30. The first-order valence-corrected chi connectivity index (χ1v) is 40.2. The number of aromatic carboxylic acids is 2. The Morgan fingerprint density at radius 2 is 0.876 bits per heavy atom. The van der Waals surface area contributed by atoms with Crippen LogP contribution in [0.15, 0.2) is 143 Å². The minimum atomic E-state index is -5.25. The summed E-state index contributed by atoms with van der Waals surface area (Å²) < 4.78 is 188. The summed E-state index contributed by atoms with van der Waals surface area (Å²) in [7, 11) is -20.8. The smallest absolute Gasteiger partial charge is 0.336 e. The number of carbonyl (C=O) groups excluding carboxylic acids is 4. The number of nitrogens with two attached hydrogens (primary N) is 2. The molecule has 44 nitrogen and oxygen atoms in total. The van der Waals surface area contributed by atoms with E-state index in [0.29, 0.717) is 0 Å². The molecule has 2 aliphatic heterocycles. The fourth-order valence-electron chi connectivity index (χ4n) is 11.4. The Bertz CT molecular complexity index is 6000. The molecule has 5 aromatic rings. The van der Waals surface area contributed by atoms with Crippen molar-refractivity contribution in [1.29, 1.82) is 10.8 Å². The first-order valence-electron chi connectivity index (χ1n) is 34.4. The number of anilines is 2. The van der Waals surface area contributed by atoms with Gasteiger partial charge in [0.15, 0.2) is 48.5 Å². The number of fused-ring (bicyclic) bond motifs is 4. The second kappa shape index (κ2) is 43.4. The SMILES string of the molecule is C.C.N=c1ccc2c(-c3cc(C(=O)NCCOCCOCCC(=O)O)ccc3C(=O)O)c3ccc(N)c(S(=O)(=O)O)c3oc-2c1S(=O)(=O)O.[N-]=[N+]=NC(COc1cccc(C(=O)NCCNC(=O)CCOCCOCCNC(=O)c2ccc(C(=O)O)c(-c3c4ccc(=N)c(S(=O)(=O)O)c-4oc4c(S(=O)(=O)O)c(N)ccc34)c2)c1)OCCOCC(=O)O. The Morgan fingerprint density at radius 3 is 1.30 bits per heavy atom. The van der Waals surface area contributed by atoms with Crippen molar-refractivity contribution in [2.75, 3.05) is 117 Å². The van der Waals surface area contributed by atoms with Crippen molar-refractivity contribution in [2.24, 2.45) is 5.11 Å². The number of azide groups is 1. The maximum Gasteiger partial charge on any atom is 0.336 e. The first kappa shape index (κ1) is 97.2. The van der Waals surface area contributed by atoms with Crippen molar-refractivity contribution in [3.63, 3.8) is 0 Å². The molecule has 0 spiro atoms. The zero-order chi connectivity index (χ0) is 87.3. The molecule has 0 saturated carbocycles. The van der Waals surface area contributed by atoms with Gasteiger partial charge in [-0.25, -0.2) is 14.4 Å². The number of hydrogen-bond donors (Lipinski definition) is 16. The molecule has 0 radical (unpaired) electrons. The third-order valence-corrected chi connectivity index (χ3v) is 20.2. The van der Waals surface area contributed by atoms with Gasteiger partial charge in [-0.2, -0.15) is 33.7 Å². The molecule has 0 aromatic heterocycles. The number of benzene rings is 7. The number of aliphatic carboxylic acids is 2. The summed E-state index contributed by atoms with van der Waals surface area (Å²) in [6.45, 7) is -0.210. The molecule has 1 unspecified atom stereocenters. The maximum atomic E-state index is 13.3. The molecule has 5 aromatic carbocycles. The van der Waals surface area contributed by atoms with E-state index < -0.39 is 170 Å². The highest BCUT2D eigenvalue weighted by molar-refractivity contribution is 7.87. The highest BCUT2D eigenvalue weighted by Crippen LogP contribution is 2.48. The number of amides is 4. The van der Waals surface area contributed by atoms with E-state index in [1.165, 1.54) is 42.5 Å². The predicted molar refractivity (Wildman–Crippen MR) is 423 cm³/mol. The van der Waals surface area contributed by atoms with Gasteiger partial charge in [-0.1, -0.05) is 26.0 Å². The van der Waals surface area contributed by atoms with Crippen molar-refractivity contribution in [2.45, 2.75) is 53.5 Å². The van der Waals surface area contributed by atoms with E-state index in [-0.39, 0.29) is 199 Å². The van der Waals surface area contributed by atoms with E-state index in [9.17, 15) is 100 Å². The van der Waals surface area contributed by atoms with Crippen LogP contribution in [-0.4, -0.2) is 232 Å². The molecule has 4 amide bonds. The van der Waals surface area contributed by atoms with E-state index in [1.54, 1.807) is 12.1 Å². The van der Waals surface area contributed by atoms with E-state index in [0.717, 1.165) is 54.6 Å². The fraction of sp³-hybridized carbons (Fsp3) is 0.288. The number of carbonyl (C=O) groups is 8. The molecule has 18 N–H and O–H groups in total. The third kappa shape index (κ3) is 25.9. The van der Waals surface area contributed by atoms with Gasteiger partial charge in [-0.05, 0) is 120 Å². The van der Waals surface area contributed by atoms with E-state index in [1.807, 2.05) is 0 Å². The Hall–Kier alpha value is -12.7. The van der Waals surface area contributed by atoms with E-state index >= 15 is 0 Å². The summed E-state index contributed by atoms with van der Waals surface area (Å²) in [5.41, 5.74) is 15.8. The predicted octanol–water partition coefficient (Wildman–Crippen LogP) is 5.26. The Morgan fingerprint density at radius 1 is 0.463 bits per heavy atom. The van der Waals surface area contributed by atoms with Crippen LogP contribution in [-0.2, 0) is 83.3 Å². The molecule has 9 rings (SSSR count). The number of nitrogens with one attached hydrogen (secondary N) is 6. The fourth-order valence-corrected chi connectivity index (χ4v) is 14.4. The van der Waals surface area contributed by atoms with Crippen LogP contribution in [0.3, 0.4) is 0 Å². The molecular weight excluding hydrogens is 1690 g/mol. The zero-order valence-electron chi connectivity index (χ0n) is 61.6. The van der Waals surface area contributed by atoms with Crippen molar-refractivity contribution in [1.82, 2.24) is 21.3 Å². The normalized spacial score (nSPS) is 11.7. The lowest BCUT2D eigenvalue weighted by molar-refractivity contribution is -0.143. The molecule has 1 atom stereocenters. The lowest BCUT2D eigenvalue weighted by Gasteiger charge is -2.20. The molecule has 0 bridgehead atoms. The molecule has 48 heteroatoms. The minimum Gasteiger partial charge on any atom is -0.491 e. The van der Waals surface area contributed by atoms with Gasteiger partial charge in [0.2, 0.25) is 5.91 Å². The average molecular weight is 1770 g/mol. The van der Waals surface area contributed by atoms with Gasteiger partial charge in [-0.15, -0.1) is 0 Å². The molecule has 0 fully saturated rings. The second-order valence-electron chi connectivity index (χ2n) is 24.6. The van der Waals surface area contributed by atoms with Crippen LogP contribution in [0.2, 0.25) is 0 Å². The van der Waals surface area contributed by atoms with Crippen LogP contribution in [0.25, 0.3) is 77.3 Å². The molecule has 4 aliphatic rings. The average Bonchev–Trinajstić information content (AvgIpc) is 0.725. The van der Waals surface area contributed by atoms with Crippen LogP contribution in [0.1, 0.15) is 79.5 Å². The van der Waals surface area contributed by atoms with E-state index in [2.05, 4.69) is 31.3 Å². The van der Waals surface area contributed by atoms with E-state index in [4.69, 9.17) is 80.0 Å². The molecule has 650 valence electrons. The number of carboxylic acid groups (broad SMARTS) is 4. The summed E-state index contributed by atoms with van der Waals surface area (Å²) in [5.74, 6) is -8.65. The van der Waals surface area contributed by atoms with Crippen molar-refractivity contribution >= 4 is 121 Å². The number of carboxylic acids is 4. The maximum absolute atomic E-state index is 13.3. The summed E-state index contributed by atoms with van der Waals surface area (Å²) in [4.78, 5) is 95.8. The van der Waals surface area contributed by atoms with Gasteiger partial charge >= 0.3 is 23.9 Å². The molecule has 2 aliphatic carbocycles. The van der Waals surface area contributed by atoms with Crippen LogP contribution in [0.5, 0.6) is 5.75 Å². The summed E-state index contributed by atoms with van der Waals surface area (Å²) in [6, 6.07) is 21.8. The highest BCUT2D eigenvalue weighted by atomic mass is 32.2. The van der Waals surface area contributed by atoms with Gasteiger partial charge in [0.25, 0.3) is 58.2 Å².